The van der Waals surface area contributed by atoms with Crippen molar-refractivity contribution in [2.45, 2.75) is 57.3 Å². The van der Waals surface area contributed by atoms with Gasteiger partial charge in [-0.2, -0.15) is 0 Å². The number of ether oxygens (including phenoxy) is 1. The molecular formula is C17H24N2O4. The van der Waals surface area contributed by atoms with Crippen molar-refractivity contribution < 1.29 is 19.4 Å². The Morgan fingerprint density at radius 1 is 1.17 bits per heavy atom. The van der Waals surface area contributed by atoms with Crippen LogP contribution in [0, 0.1) is 0 Å². The number of hydrogen-bond acceptors (Lipinski definition) is 4. The van der Waals surface area contributed by atoms with Gasteiger partial charge in [-0.25, -0.2) is 4.79 Å². The van der Waals surface area contributed by atoms with Crippen molar-refractivity contribution in [1.29, 1.82) is 0 Å². The molecule has 126 valence electrons. The van der Waals surface area contributed by atoms with Crippen molar-refractivity contribution in [3.8, 4) is 0 Å². The molecule has 0 heterocycles. The van der Waals surface area contributed by atoms with Crippen molar-refractivity contribution in [3.63, 3.8) is 0 Å². The van der Waals surface area contributed by atoms with E-state index < -0.39 is 23.7 Å². The van der Waals surface area contributed by atoms with E-state index >= 15 is 0 Å². The number of alkyl carbamates (subject to hydrolysis) is 1. The average molecular weight is 320 g/mol. The zero-order valence-electron chi connectivity index (χ0n) is 13.7. The van der Waals surface area contributed by atoms with E-state index in [2.05, 4.69) is 10.6 Å². The maximum Gasteiger partial charge on any atom is 0.407 e. The summed E-state index contributed by atoms with van der Waals surface area (Å²) in [6, 6.07) is 8.43. The van der Waals surface area contributed by atoms with Crippen LogP contribution < -0.4 is 10.6 Å². The molecule has 23 heavy (non-hydrogen) atoms. The van der Waals surface area contributed by atoms with E-state index in [0.29, 0.717) is 12.8 Å². The van der Waals surface area contributed by atoms with Gasteiger partial charge >= 0.3 is 12.1 Å². The number of amides is 1. The molecule has 6 heteroatoms. The van der Waals surface area contributed by atoms with E-state index in [0.717, 1.165) is 5.56 Å². The highest BCUT2D eigenvalue weighted by atomic mass is 16.6. The molecule has 1 amide bonds. The molecule has 0 spiro atoms. The van der Waals surface area contributed by atoms with Crippen LogP contribution in [-0.4, -0.2) is 34.9 Å². The topological polar surface area (TPSA) is 87.7 Å². The van der Waals surface area contributed by atoms with Gasteiger partial charge in [0.15, 0.2) is 0 Å². The highest BCUT2D eigenvalue weighted by Gasteiger charge is 2.34. The second-order valence-corrected chi connectivity index (χ2v) is 6.86. The monoisotopic (exact) mass is 320 g/mol. The van der Waals surface area contributed by atoms with Crippen LogP contribution in [-0.2, 0) is 9.53 Å². The second kappa shape index (κ2) is 7.00. The molecule has 0 aliphatic heterocycles. The fraction of sp³-hybridized carbons (Fsp3) is 0.529. The molecule has 1 aliphatic rings. The van der Waals surface area contributed by atoms with E-state index in [9.17, 15) is 14.7 Å². The first-order valence-electron chi connectivity index (χ1n) is 7.78. The van der Waals surface area contributed by atoms with Crippen molar-refractivity contribution in [3.05, 3.63) is 35.9 Å². The largest absolute Gasteiger partial charge is 0.480 e. The number of benzene rings is 1. The van der Waals surface area contributed by atoms with Crippen molar-refractivity contribution in [2.75, 3.05) is 0 Å². The number of nitrogens with one attached hydrogen (secondary N) is 2. The van der Waals surface area contributed by atoms with E-state index in [1.54, 1.807) is 12.1 Å². The molecule has 1 saturated carbocycles. The van der Waals surface area contributed by atoms with Gasteiger partial charge in [-0.15, -0.1) is 0 Å². The Balaban J connectivity index is 1.80. The summed E-state index contributed by atoms with van der Waals surface area (Å²) >= 11 is 0. The summed E-state index contributed by atoms with van der Waals surface area (Å²) in [5.74, 6) is -0.903. The first-order chi connectivity index (χ1) is 10.7. The molecule has 6 nitrogen and oxygen atoms in total. The molecule has 1 fully saturated rings. The minimum absolute atomic E-state index is 0.0209. The first kappa shape index (κ1) is 17.3. The fourth-order valence-electron chi connectivity index (χ4n) is 2.54. The molecule has 1 atom stereocenters. The minimum atomic E-state index is -0.903. The second-order valence-electron chi connectivity index (χ2n) is 6.86. The van der Waals surface area contributed by atoms with Crippen LogP contribution in [0.2, 0.25) is 0 Å². The maximum absolute atomic E-state index is 11.7. The van der Waals surface area contributed by atoms with Gasteiger partial charge in [0.2, 0.25) is 0 Å². The number of aliphatic carboxylic acids is 1. The van der Waals surface area contributed by atoms with Gasteiger partial charge in [0, 0.05) is 12.1 Å². The van der Waals surface area contributed by atoms with Gasteiger partial charge in [-0.3, -0.25) is 10.1 Å². The lowest BCUT2D eigenvalue weighted by Crippen LogP contribution is -2.54. The molecule has 3 N–H and O–H groups in total. The lowest BCUT2D eigenvalue weighted by Gasteiger charge is -2.38. The molecule has 0 aromatic heterocycles. The zero-order valence-corrected chi connectivity index (χ0v) is 13.7. The Morgan fingerprint density at radius 2 is 1.78 bits per heavy atom. The molecule has 1 unspecified atom stereocenters. The van der Waals surface area contributed by atoms with Gasteiger partial charge in [0.1, 0.15) is 11.6 Å². The SMILES string of the molecule is CC(C)(C)OC(=O)NC1CC(NC(C(=O)O)c2ccccc2)C1. The number of hydrogen-bond donors (Lipinski definition) is 3. The standard InChI is InChI=1S/C17H24N2O4/c1-17(2,3)23-16(22)19-13-9-12(10-13)18-14(15(20)21)11-7-5-4-6-8-11/h4-8,12-14,18H,9-10H2,1-3H3,(H,19,22)(H,20,21). The summed E-state index contributed by atoms with van der Waals surface area (Å²) in [7, 11) is 0. The van der Waals surface area contributed by atoms with Crippen molar-refractivity contribution >= 4 is 12.1 Å². The number of carboxylic acids is 1. The summed E-state index contributed by atoms with van der Waals surface area (Å²) in [5.41, 5.74) is 0.205. The van der Waals surface area contributed by atoms with E-state index in [4.69, 9.17) is 4.74 Å². The predicted octanol–water partition coefficient (Wildman–Crippen LogP) is 2.46. The summed E-state index contributed by atoms with van der Waals surface area (Å²) in [6.45, 7) is 5.44. The van der Waals surface area contributed by atoms with Gasteiger partial charge in [-0.1, -0.05) is 30.3 Å². The molecule has 2 rings (SSSR count). The van der Waals surface area contributed by atoms with Gasteiger partial charge in [0.05, 0.1) is 0 Å². The molecule has 1 aromatic rings. The van der Waals surface area contributed by atoms with Gasteiger partial charge in [0.25, 0.3) is 0 Å². The van der Waals surface area contributed by atoms with E-state index in [-0.39, 0.29) is 12.1 Å². The van der Waals surface area contributed by atoms with Crippen LogP contribution in [0.25, 0.3) is 0 Å². The Kier molecular flexibility index (Phi) is 5.26. The third-order valence-corrected chi connectivity index (χ3v) is 3.64. The summed E-state index contributed by atoms with van der Waals surface area (Å²) < 4.78 is 5.20. The fourth-order valence-corrected chi connectivity index (χ4v) is 2.54. The third-order valence-electron chi connectivity index (χ3n) is 3.64. The van der Waals surface area contributed by atoms with Crippen LogP contribution in [0.5, 0.6) is 0 Å². The molecule has 0 radical (unpaired) electrons. The lowest BCUT2D eigenvalue weighted by atomic mass is 9.86. The Labute approximate surface area is 136 Å². The molecule has 0 bridgehead atoms. The maximum atomic E-state index is 11.7. The van der Waals surface area contributed by atoms with E-state index in [1.165, 1.54) is 0 Å². The summed E-state index contributed by atoms with van der Waals surface area (Å²) in [4.78, 5) is 23.1. The quantitative estimate of drug-likeness (QED) is 0.775. The Hall–Kier alpha value is -2.08. The van der Waals surface area contributed by atoms with Gasteiger partial charge in [-0.05, 0) is 39.2 Å². The lowest BCUT2D eigenvalue weighted by molar-refractivity contribution is -0.140. The average Bonchev–Trinajstić information content (AvgIpc) is 2.39. The third kappa shape index (κ3) is 5.25. The summed E-state index contributed by atoms with van der Waals surface area (Å²) in [5, 5.41) is 15.3. The molecule has 0 saturated heterocycles. The van der Waals surface area contributed by atoms with Gasteiger partial charge < -0.3 is 15.2 Å². The first-order valence-corrected chi connectivity index (χ1v) is 7.78. The minimum Gasteiger partial charge on any atom is -0.480 e. The summed E-state index contributed by atoms with van der Waals surface area (Å²) in [6.07, 6.45) is 0.949. The van der Waals surface area contributed by atoms with Crippen molar-refractivity contribution in [2.24, 2.45) is 0 Å². The number of rotatable bonds is 5. The highest BCUT2D eigenvalue weighted by molar-refractivity contribution is 5.75. The molecule has 1 aliphatic carbocycles. The number of carbonyl (C=O) groups is 2. The van der Waals surface area contributed by atoms with Crippen LogP contribution in [0.15, 0.2) is 30.3 Å². The predicted molar refractivity (Wildman–Crippen MR) is 86.1 cm³/mol. The van der Waals surface area contributed by atoms with Crippen LogP contribution in [0.4, 0.5) is 4.79 Å². The normalized spacial score (nSPS) is 21.9. The Bertz CT molecular complexity index is 547. The Morgan fingerprint density at radius 3 is 2.30 bits per heavy atom. The van der Waals surface area contributed by atoms with Crippen molar-refractivity contribution in [1.82, 2.24) is 10.6 Å². The van der Waals surface area contributed by atoms with Crippen LogP contribution >= 0.6 is 0 Å². The van der Waals surface area contributed by atoms with Crippen LogP contribution in [0.3, 0.4) is 0 Å². The van der Waals surface area contributed by atoms with E-state index in [1.807, 2.05) is 39.0 Å². The molecule has 1 aromatic carbocycles. The zero-order chi connectivity index (χ0) is 17.0. The number of carbonyl (C=O) groups excluding carboxylic acids is 1. The number of carboxylic acid groups (broad SMARTS) is 1. The van der Waals surface area contributed by atoms with Crippen LogP contribution in [0.1, 0.15) is 45.2 Å². The molecular weight excluding hydrogens is 296 g/mol. The smallest absolute Gasteiger partial charge is 0.407 e. The highest BCUT2D eigenvalue weighted by Crippen LogP contribution is 2.24.